The second-order valence-electron chi connectivity index (χ2n) is 5.01. The van der Waals surface area contributed by atoms with Crippen LogP contribution in [0.25, 0.3) is 0 Å². The molecule has 2 N–H and O–H groups in total. The second kappa shape index (κ2) is 6.69. The number of hydrogen-bond donors (Lipinski definition) is 2. The summed E-state index contributed by atoms with van der Waals surface area (Å²) >= 11 is 1.27. The number of nitrogens with zero attached hydrogens (tertiary/aromatic N) is 1. The van der Waals surface area contributed by atoms with Gasteiger partial charge in [-0.05, 0) is 19.1 Å². The minimum Gasteiger partial charge on any atom is -0.361 e. The quantitative estimate of drug-likeness (QED) is 0.812. The first-order valence-electron chi connectivity index (χ1n) is 6.61. The number of nitrogens with one attached hydrogen (secondary N) is 2. The predicted molar refractivity (Wildman–Crippen MR) is 81.6 cm³/mol. The highest BCUT2D eigenvalue weighted by atomic mass is 32.2. The molecule has 0 atom stereocenters. The maximum Gasteiger partial charge on any atom is 0.250 e. The fraction of sp³-hybridized carbons (Fsp3) is 0.462. The molecule has 0 aromatic carbocycles. The normalized spacial score (nSPS) is 12.2. The fourth-order valence-electron chi connectivity index (χ4n) is 1.64. The van der Waals surface area contributed by atoms with E-state index in [4.69, 9.17) is 4.52 Å². The lowest BCUT2D eigenvalue weighted by atomic mass is 10.4. The fourth-order valence-corrected chi connectivity index (χ4v) is 3.99. The van der Waals surface area contributed by atoms with Crippen LogP contribution in [-0.4, -0.2) is 19.6 Å². The van der Waals surface area contributed by atoms with Crippen molar-refractivity contribution >= 4 is 21.4 Å². The molecule has 0 amide bonds. The van der Waals surface area contributed by atoms with Gasteiger partial charge in [-0.25, -0.2) is 13.1 Å². The van der Waals surface area contributed by atoms with Gasteiger partial charge in [0.05, 0.1) is 12.2 Å². The van der Waals surface area contributed by atoms with Crippen molar-refractivity contribution < 1.29 is 12.9 Å². The van der Waals surface area contributed by atoms with E-state index in [1.807, 2.05) is 19.9 Å². The summed E-state index contributed by atoms with van der Waals surface area (Å²) in [5, 5.41) is 7.02. The Bertz CT molecular complexity index is 689. The predicted octanol–water partition coefficient (Wildman–Crippen LogP) is 2.02. The number of rotatable bonds is 7. The van der Waals surface area contributed by atoms with E-state index in [9.17, 15) is 8.42 Å². The largest absolute Gasteiger partial charge is 0.361 e. The zero-order valence-electron chi connectivity index (χ0n) is 12.2. The van der Waals surface area contributed by atoms with Crippen LogP contribution in [-0.2, 0) is 23.1 Å². The molecule has 0 saturated heterocycles. The highest BCUT2D eigenvalue weighted by Gasteiger charge is 2.17. The number of aromatic nitrogens is 1. The minimum atomic E-state index is -3.51. The van der Waals surface area contributed by atoms with Crippen LogP contribution >= 0.6 is 11.3 Å². The molecule has 0 radical (unpaired) electrons. The molecular formula is C13H19N3O3S2. The summed E-state index contributed by atoms with van der Waals surface area (Å²) in [6, 6.07) is 5.52. The molecular weight excluding hydrogens is 310 g/mol. The first-order valence-corrected chi connectivity index (χ1v) is 8.91. The third kappa shape index (κ3) is 4.63. The summed E-state index contributed by atoms with van der Waals surface area (Å²) < 4.78 is 32.1. The third-order valence-electron chi connectivity index (χ3n) is 2.71. The summed E-state index contributed by atoms with van der Waals surface area (Å²) in [5.41, 5.74) is 0.564. The molecule has 0 aliphatic carbocycles. The van der Waals surface area contributed by atoms with Crippen LogP contribution in [0.4, 0.5) is 0 Å². The van der Waals surface area contributed by atoms with Crippen LogP contribution in [0.5, 0.6) is 0 Å². The monoisotopic (exact) mass is 329 g/mol. The molecule has 0 spiro atoms. The second-order valence-corrected chi connectivity index (χ2v) is 8.17. The van der Waals surface area contributed by atoms with E-state index in [0.29, 0.717) is 28.2 Å². The summed E-state index contributed by atoms with van der Waals surface area (Å²) in [5.74, 6) is 0.655. The van der Waals surface area contributed by atoms with Crippen LogP contribution in [0.15, 0.2) is 26.9 Å². The van der Waals surface area contributed by atoms with Gasteiger partial charge in [-0.15, -0.1) is 11.3 Å². The molecule has 2 heterocycles. The summed E-state index contributed by atoms with van der Waals surface area (Å²) in [6.07, 6.45) is 0. The molecule has 8 heteroatoms. The van der Waals surface area contributed by atoms with Gasteiger partial charge in [-0.3, -0.25) is 0 Å². The van der Waals surface area contributed by atoms with Crippen molar-refractivity contribution in [1.82, 2.24) is 15.2 Å². The first-order chi connectivity index (χ1) is 9.87. The highest BCUT2D eigenvalue weighted by Crippen LogP contribution is 2.21. The van der Waals surface area contributed by atoms with Gasteiger partial charge in [0.15, 0.2) is 0 Å². The van der Waals surface area contributed by atoms with E-state index in [1.54, 1.807) is 19.1 Å². The van der Waals surface area contributed by atoms with E-state index in [2.05, 4.69) is 15.2 Å². The summed E-state index contributed by atoms with van der Waals surface area (Å²) in [7, 11) is -3.51. The molecule has 2 rings (SSSR count). The van der Waals surface area contributed by atoms with E-state index < -0.39 is 10.0 Å². The van der Waals surface area contributed by atoms with Gasteiger partial charge in [0, 0.05) is 23.5 Å². The molecule has 0 unspecified atom stereocenters. The standard InChI is InChI=1S/C13H19N3O3S2/c1-9(2)14-8-12-4-5-13(20-12)21(17,18)15-7-11-6-10(3)19-16-11/h4-6,9,14-15H,7-8H2,1-3H3. The van der Waals surface area contributed by atoms with Crippen molar-refractivity contribution in [3.8, 4) is 0 Å². The van der Waals surface area contributed by atoms with Crippen molar-refractivity contribution in [1.29, 1.82) is 0 Å². The van der Waals surface area contributed by atoms with Crippen molar-refractivity contribution in [3.63, 3.8) is 0 Å². The van der Waals surface area contributed by atoms with Crippen LogP contribution in [0.2, 0.25) is 0 Å². The Morgan fingerprint density at radius 3 is 2.71 bits per heavy atom. The Labute approximate surface area is 128 Å². The highest BCUT2D eigenvalue weighted by molar-refractivity contribution is 7.91. The lowest BCUT2D eigenvalue weighted by Crippen LogP contribution is -2.22. The molecule has 116 valence electrons. The lowest BCUT2D eigenvalue weighted by molar-refractivity contribution is 0.390. The number of sulfonamides is 1. The Morgan fingerprint density at radius 1 is 1.33 bits per heavy atom. The van der Waals surface area contributed by atoms with Crippen molar-refractivity contribution in [2.45, 2.75) is 44.1 Å². The summed E-state index contributed by atoms with van der Waals surface area (Å²) in [6.45, 7) is 6.65. The number of aryl methyl sites for hydroxylation is 1. The van der Waals surface area contributed by atoms with Gasteiger partial charge >= 0.3 is 0 Å². The van der Waals surface area contributed by atoms with Gasteiger partial charge in [0.1, 0.15) is 9.97 Å². The van der Waals surface area contributed by atoms with Crippen LogP contribution < -0.4 is 10.0 Å². The van der Waals surface area contributed by atoms with Crippen molar-refractivity contribution in [3.05, 3.63) is 34.5 Å². The van der Waals surface area contributed by atoms with Gasteiger partial charge in [-0.2, -0.15) is 0 Å². The molecule has 0 bridgehead atoms. The first kappa shape index (κ1) is 16.2. The SMILES string of the molecule is Cc1cc(CNS(=O)(=O)c2ccc(CNC(C)C)s2)no1. The smallest absolute Gasteiger partial charge is 0.250 e. The van der Waals surface area contributed by atoms with Crippen LogP contribution in [0, 0.1) is 6.92 Å². The zero-order valence-corrected chi connectivity index (χ0v) is 13.8. The topological polar surface area (TPSA) is 84.2 Å². The van der Waals surface area contributed by atoms with Gasteiger partial charge in [0.25, 0.3) is 0 Å². The molecule has 2 aromatic heterocycles. The minimum absolute atomic E-state index is 0.122. The number of hydrogen-bond acceptors (Lipinski definition) is 6. The van der Waals surface area contributed by atoms with Crippen LogP contribution in [0.3, 0.4) is 0 Å². The molecule has 0 aliphatic heterocycles. The third-order valence-corrected chi connectivity index (χ3v) is 5.68. The van der Waals surface area contributed by atoms with E-state index in [0.717, 1.165) is 4.88 Å². The molecule has 0 aliphatic rings. The maximum absolute atomic E-state index is 12.2. The van der Waals surface area contributed by atoms with Crippen molar-refractivity contribution in [2.75, 3.05) is 0 Å². The molecule has 0 saturated carbocycles. The van der Waals surface area contributed by atoms with Gasteiger partial charge < -0.3 is 9.84 Å². The number of thiophene rings is 1. The summed E-state index contributed by atoms with van der Waals surface area (Å²) in [4.78, 5) is 0.987. The average molecular weight is 329 g/mol. The van der Waals surface area contributed by atoms with E-state index >= 15 is 0 Å². The molecule has 2 aromatic rings. The average Bonchev–Trinajstić information content (AvgIpc) is 3.03. The van der Waals surface area contributed by atoms with E-state index in [1.165, 1.54) is 11.3 Å². The molecule has 0 fully saturated rings. The van der Waals surface area contributed by atoms with Crippen LogP contribution in [0.1, 0.15) is 30.2 Å². The molecule has 21 heavy (non-hydrogen) atoms. The Kier molecular flexibility index (Phi) is 5.15. The van der Waals surface area contributed by atoms with E-state index in [-0.39, 0.29) is 6.54 Å². The Hall–Kier alpha value is -1.22. The Morgan fingerprint density at radius 2 is 2.10 bits per heavy atom. The maximum atomic E-state index is 12.2. The lowest BCUT2D eigenvalue weighted by Gasteiger charge is -2.05. The van der Waals surface area contributed by atoms with Gasteiger partial charge in [0.2, 0.25) is 10.0 Å². The van der Waals surface area contributed by atoms with Crippen molar-refractivity contribution in [2.24, 2.45) is 0 Å². The zero-order chi connectivity index (χ0) is 15.5. The Balaban J connectivity index is 1.99. The van der Waals surface area contributed by atoms with Gasteiger partial charge in [-0.1, -0.05) is 19.0 Å². The molecule has 6 nitrogen and oxygen atoms in total.